The van der Waals surface area contributed by atoms with Gasteiger partial charge in [-0.2, -0.15) is 4.31 Å². The van der Waals surface area contributed by atoms with Crippen molar-refractivity contribution in [1.29, 1.82) is 0 Å². The van der Waals surface area contributed by atoms with Crippen molar-refractivity contribution in [3.63, 3.8) is 0 Å². The maximum absolute atomic E-state index is 12.7. The van der Waals surface area contributed by atoms with Crippen LogP contribution in [0.2, 0.25) is 0 Å². The Kier molecular flexibility index (Phi) is 6.21. The Labute approximate surface area is 164 Å². The molecule has 154 valence electrons. The molecule has 0 aliphatic carbocycles. The molecule has 0 radical (unpaired) electrons. The zero-order chi connectivity index (χ0) is 20.2. The predicted octanol–water partition coefficient (Wildman–Crippen LogP) is -0.509. The van der Waals surface area contributed by atoms with E-state index >= 15 is 0 Å². The average Bonchev–Trinajstić information content (AvgIpc) is 2.78. The summed E-state index contributed by atoms with van der Waals surface area (Å²) in [6, 6.07) is 7.82. The summed E-state index contributed by atoms with van der Waals surface area (Å²) in [6.45, 7) is 0.656. The molecule has 2 fully saturated rings. The predicted molar refractivity (Wildman–Crippen MR) is 101 cm³/mol. The van der Waals surface area contributed by atoms with Crippen LogP contribution in [0, 0.1) is 0 Å². The highest BCUT2D eigenvalue weighted by atomic mass is 32.2. The summed E-state index contributed by atoms with van der Waals surface area (Å²) in [5.41, 5.74) is -0.682. The van der Waals surface area contributed by atoms with Crippen molar-refractivity contribution in [3.8, 4) is 5.75 Å². The second kappa shape index (κ2) is 8.46. The van der Waals surface area contributed by atoms with Crippen molar-refractivity contribution >= 4 is 21.8 Å². The van der Waals surface area contributed by atoms with Gasteiger partial charge in [0.05, 0.1) is 11.8 Å². The molecule has 1 unspecified atom stereocenters. The van der Waals surface area contributed by atoms with Crippen LogP contribution in [0.4, 0.5) is 0 Å². The number of ether oxygens (including phenoxy) is 2. The van der Waals surface area contributed by atoms with E-state index in [0.717, 1.165) is 6.26 Å². The number of para-hydroxylation sites is 1. The van der Waals surface area contributed by atoms with Gasteiger partial charge in [-0.15, -0.1) is 0 Å². The minimum Gasteiger partial charge on any atom is -0.484 e. The van der Waals surface area contributed by atoms with Gasteiger partial charge in [-0.1, -0.05) is 18.2 Å². The van der Waals surface area contributed by atoms with E-state index in [1.165, 1.54) is 4.31 Å². The van der Waals surface area contributed by atoms with Crippen molar-refractivity contribution < 1.29 is 27.5 Å². The van der Waals surface area contributed by atoms with Crippen LogP contribution in [-0.2, 0) is 24.3 Å². The quantitative estimate of drug-likeness (QED) is 0.675. The lowest BCUT2D eigenvalue weighted by molar-refractivity contribution is -0.131. The Morgan fingerprint density at radius 3 is 2.64 bits per heavy atom. The molecule has 1 aromatic carbocycles. The fourth-order valence-electron chi connectivity index (χ4n) is 3.39. The molecule has 1 aromatic rings. The molecule has 2 heterocycles. The van der Waals surface area contributed by atoms with Gasteiger partial charge in [-0.3, -0.25) is 9.59 Å². The van der Waals surface area contributed by atoms with E-state index in [0.29, 0.717) is 31.8 Å². The first-order chi connectivity index (χ1) is 13.3. The SMILES string of the molecule is CS(=O)(=O)N1CC(NC(=O)COc2ccccc2)C(=O)NC2(CCOCC2)C1. The second-order valence-electron chi connectivity index (χ2n) is 7.16. The van der Waals surface area contributed by atoms with Gasteiger partial charge in [0.25, 0.3) is 5.91 Å². The first-order valence-corrected chi connectivity index (χ1v) is 10.9. The molecule has 1 spiro atoms. The summed E-state index contributed by atoms with van der Waals surface area (Å²) in [7, 11) is -3.55. The van der Waals surface area contributed by atoms with Gasteiger partial charge in [-0.25, -0.2) is 8.42 Å². The van der Waals surface area contributed by atoms with Crippen LogP contribution in [0.25, 0.3) is 0 Å². The molecule has 0 saturated carbocycles. The molecule has 0 aromatic heterocycles. The first-order valence-electron chi connectivity index (χ1n) is 9.10. The fourth-order valence-corrected chi connectivity index (χ4v) is 4.29. The number of carbonyl (C=O) groups is 2. The summed E-state index contributed by atoms with van der Waals surface area (Å²) < 4.78 is 36.5. The van der Waals surface area contributed by atoms with E-state index in [-0.39, 0.29) is 19.7 Å². The molecular formula is C18H25N3O6S. The van der Waals surface area contributed by atoms with Gasteiger partial charge in [0.15, 0.2) is 6.61 Å². The number of benzene rings is 1. The Morgan fingerprint density at radius 2 is 2.00 bits per heavy atom. The van der Waals surface area contributed by atoms with E-state index < -0.39 is 33.4 Å². The topological polar surface area (TPSA) is 114 Å². The van der Waals surface area contributed by atoms with Crippen LogP contribution in [0.3, 0.4) is 0 Å². The number of nitrogens with one attached hydrogen (secondary N) is 2. The van der Waals surface area contributed by atoms with Gasteiger partial charge < -0.3 is 20.1 Å². The monoisotopic (exact) mass is 411 g/mol. The molecule has 10 heteroatoms. The fraction of sp³-hybridized carbons (Fsp3) is 0.556. The number of nitrogens with zero attached hydrogens (tertiary/aromatic N) is 1. The van der Waals surface area contributed by atoms with Crippen molar-refractivity contribution in [2.45, 2.75) is 24.4 Å². The van der Waals surface area contributed by atoms with E-state index in [2.05, 4.69) is 10.6 Å². The van der Waals surface area contributed by atoms with Crippen LogP contribution in [0.5, 0.6) is 5.75 Å². The van der Waals surface area contributed by atoms with Crippen molar-refractivity contribution in [3.05, 3.63) is 30.3 Å². The first kappa shape index (κ1) is 20.6. The van der Waals surface area contributed by atoms with Crippen molar-refractivity contribution in [2.75, 3.05) is 39.2 Å². The second-order valence-corrected chi connectivity index (χ2v) is 9.14. The summed E-state index contributed by atoms with van der Waals surface area (Å²) in [5.74, 6) is -0.372. The third-order valence-electron chi connectivity index (χ3n) is 4.94. The van der Waals surface area contributed by atoms with Crippen LogP contribution < -0.4 is 15.4 Å². The number of hydrogen-bond acceptors (Lipinski definition) is 6. The molecule has 2 aliphatic heterocycles. The molecule has 2 N–H and O–H groups in total. The Bertz CT molecular complexity index is 808. The molecule has 0 bridgehead atoms. The minimum absolute atomic E-state index is 0.121. The van der Waals surface area contributed by atoms with Gasteiger partial charge in [0.1, 0.15) is 11.8 Å². The molecule has 3 rings (SSSR count). The number of carbonyl (C=O) groups excluding carboxylic acids is 2. The Morgan fingerprint density at radius 1 is 1.32 bits per heavy atom. The highest BCUT2D eigenvalue weighted by Crippen LogP contribution is 2.25. The number of rotatable bonds is 5. The summed E-state index contributed by atoms with van der Waals surface area (Å²) in [5, 5.41) is 5.53. The highest BCUT2D eigenvalue weighted by molar-refractivity contribution is 7.88. The van der Waals surface area contributed by atoms with E-state index in [1.54, 1.807) is 24.3 Å². The third kappa shape index (κ3) is 5.21. The van der Waals surface area contributed by atoms with Crippen molar-refractivity contribution in [2.24, 2.45) is 0 Å². The number of amides is 2. The Balaban J connectivity index is 1.69. The smallest absolute Gasteiger partial charge is 0.258 e. The van der Waals surface area contributed by atoms with Gasteiger partial charge in [0.2, 0.25) is 15.9 Å². The molecule has 1 atom stereocenters. The number of sulfonamides is 1. The summed E-state index contributed by atoms with van der Waals surface area (Å²) >= 11 is 0. The lowest BCUT2D eigenvalue weighted by atomic mass is 9.90. The van der Waals surface area contributed by atoms with Gasteiger partial charge in [0, 0.05) is 26.3 Å². The van der Waals surface area contributed by atoms with Crippen LogP contribution >= 0.6 is 0 Å². The van der Waals surface area contributed by atoms with Crippen LogP contribution in [0.15, 0.2) is 30.3 Å². The summed E-state index contributed by atoms with van der Waals surface area (Å²) in [4.78, 5) is 25.0. The van der Waals surface area contributed by atoms with Crippen molar-refractivity contribution in [1.82, 2.24) is 14.9 Å². The van der Waals surface area contributed by atoms with Gasteiger partial charge in [-0.05, 0) is 25.0 Å². The molecule has 2 amide bonds. The zero-order valence-corrected chi connectivity index (χ0v) is 16.5. The largest absolute Gasteiger partial charge is 0.484 e. The van der Waals surface area contributed by atoms with Gasteiger partial charge >= 0.3 is 0 Å². The summed E-state index contributed by atoms with van der Waals surface area (Å²) in [6.07, 6.45) is 2.14. The molecule has 2 saturated heterocycles. The molecule has 2 aliphatic rings. The molecular weight excluding hydrogens is 386 g/mol. The van der Waals surface area contributed by atoms with Crippen LogP contribution in [-0.4, -0.2) is 75.3 Å². The van der Waals surface area contributed by atoms with Crippen LogP contribution in [0.1, 0.15) is 12.8 Å². The zero-order valence-electron chi connectivity index (χ0n) is 15.7. The van der Waals surface area contributed by atoms with E-state index in [9.17, 15) is 18.0 Å². The lowest BCUT2D eigenvalue weighted by Crippen LogP contribution is -2.58. The third-order valence-corrected chi connectivity index (χ3v) is 6.15. The molecule has 9 nitrogen and oxygen atoms in total. The molecule has 28 heavy (non-hydrogen) atoms. The highest BCUT2D eigenvalue weighted by Gasteiger charge is 2.43. The van der Waals surface area contributed by atoms with E-state index in [4.69, 9.17) is 9.47 Å². The maximum atomic E-state index is 12.7. The standard InChI is InChI=1S/C18H25N3O6S/c1-28(24,25)21-11-15(17(23)20-18(13-21)7-9-26-10-8-18)19-16(22)12-27-14-5-3-2-4-6-14/h2-6,15H,7-13H2,1H3,(H,19,22)(H,20,23). The Hall–Kier alpha value is -2.17. The minimum atomic E-state index is -3.55. The normalized spacial score (nSPS) is 22.9. The number of hydrogen-bond donors (Lipinski definition) is 2. The lowest BCUT2D eigenvalue weighted by Gasteiger charge is -2.38. The van der Waals surface area contributed by atoms with E-state index in [1.807, 2.05) is 6.07 Å². The maximum Gasteiger partial charge on any atom is 0.258 e. The average molecular weight is 411 g/mol.